The number of nitrogens with zero attached hydrogens (tertiary/aromatic N) is 2. The maximum atomic E-state index is 13.3. The van der Waals surface area contributed by atoms with Crippen LogP contribution in [-0.2, 0) is 21.3 Å². The zero-order chi connectivity index (χ0) is 22.1. The van der Waals surface area contributed by atoms with Crippen LogP contribution < -0.4 is 5.56 Å². The molecule has 0 amide bonds. The van der Waals surface area contributed by atoms with Gasteiger partial charge in [0.15, 0.2) is 5.79 Å². The second-order valence-electron chi connectivity index (χ2n) is 9.93. The third kappa shape index (κ3) is 2.75. The van der Waals surface area contributed by atoms with E-state index in [2.05, 4.69) is 23.8 Å². The first-order valence-electron chi connectivity index (χ1n) is 11.7. The predicted molar refractivity (Wildman–Crippen MR) is 123 cm³/mol. The van der Waals surface area contributed by atoms with Crippen molar-refractivity contribution in [1.82, 2.24) is 15.0 Å². The molecule has 0 unspecified atom stereocenters. The maximum absolute atomic E-state index is 13.3. The molecule has 32 heavy (non-hydrogen) atoms. The molecule has 2 fully saturated rings. The number of benzene rings is 1. The van der Waals surface area contributed by atoms with Gasteiger partial charge in [0.1, 0.15) is 5.82 Å². The lowest BCUT2D eigenvalue weighted by Crippen LogP contribution is -2.56. The molecule has 0 bridgehead atoms. The van der Waals surface area contributed by atoms with E-state index in [-0.39, 0.29) is 16.9 Å². The Kier molecular flexibility index (Phi) is 4.37. The average Bonchev–Trinajstić information content (AvgIpc) is 3.26. The first-order chi connectivity index (χ1) is 15.4. The van der Waals surface area contributed by atoms with Crippen LogP contribution in [0.5, 0.6) is 0 Å². The normalized spacial score (nSPS) is 28.6. The van der Waals surface area contributed by atoms with Crippen molar-refractivity contribution < 1.29 is 9.47 Å². The number of rotatable bonds is 1. The third-order valence-corrected chi connectivity index (χ3v) is 8.25. The van der Waals surface area contributed by atoms with Crippen LogP contribution in [0.4, 0.5) is 0 Å². The second kappa shape index (κ2) is 6.96. The van der Waals surface area contributed by atoms with Gasteiger partial charge in [-0.3, -0.25) is 9.78 Å². The number of ether oxygens (including phenoxy) is 2. The molecule has 6 heteroatoms. The van der Waals surface area contributed by atoms with Crippen LogP contribution in [0.3, 0.4) is 0 Å². The number of hydrogen-bond donors (Lipinski definition) is 1. The summed E-state index contributed by atoms with van der Waals surface area (Å²) >= 11 is 0. The molecule has 1 aromatic carbocycles. The van der Waals surface area contributed by atoms with Gasteiger partial charge in [-0.1, -0.05) is 32.0 Å². The van der Waals surface area contributed by atoms with Gasteiger partial charge in [-0.15, -0.1) is 0 Å². The molecule has 2 aromatic heterocycles. The van der Waals surface area contributed by atoms with Gasteiger partial charge in [0, 0.05) is 40.0 Å². The van der Waals surface area contributed by atoms with Crippen molar-refractivity contribution in [2.24, 2.45) is 11.8 Å². The van der Waals surface area contributed by atoms with Gasteiger partial charge < -0.3 is 14.5 Å². The minimum atomic E-state index is -0.468. The summed E-state index contributed by atoms with van der Waals surface area (Å²) in [6.45, 7) is 7.86. The molecular formula is C26H29N3O3. The number of aromatic amines is 1. The molecular weight excluding hydrogens is 402 g/mol. The fraction of sp³-hybridized carbons (Fsp3) is 0.500. The highest BCUT2D eigenvalue weighted by Crippen LogP contribution is 2.56. The number of aromatic nitrogens is 3. The molecule has 2 aliphatic carbocycles. The van der Waals surface area contributed by atoms with Crippen molar-refractivity contribution in [3.05, 3.63) is 57.6 Å². The molecule has 3 atom stereocenters. The summed E-state index contributed by atoms with van der Waals surface area (Å²) in [7, 11) is 0. The van der Waals surface area contributed by atoms with E-state index in [1.54, 1.807) is 0 Å². The summed E-state index contributed by atoms with van der Waals surface area (Å²) in [5.74, 6) is 0.786. The number of nitrogens with one attached hydrogen (secondary N) is 1. The second-order valence-corrected chi connectivity index (χ2v) is 9.93. The molecule has 1 saturated carbocycles. The molecule has 1 spiro atoms. The molecule has 3 aromatic rings. The zero-order valence-electron chi connectivity index (χ0n) is 18.9. The molecule has 6 nitrogen and oxygen atoms in total. The SMILES string of the molecule is Cc1cc(-c2nc3c(c(=O)[nH]2)CC[C@@H]2[C@@H](C)C4(CC[C@@]32C)OCCO4)c2ccccc2n1. The van der Waals surface area contributed by atoms with Gasteiger partial charge in [-0.05, 0) is 44.2 Å². The lowest BCUT2D eigenvalue weighted by Gasteiger charge is -2.54. The Morgan fingerprint density at radius 2 is 1.91 bits per heavy atom. The summed E-state index contributed by atoms with van der Waals surface area (Å²) < 4.78 is 12.3. The van der Waals surface area contributed by atoms with Crippen molar-refractivity contribution in [2.75, 3.05) is 13.2 Å². The quantitative estimate of drug-likeness (QED) is 0.622. The minimum absolute atomic E-state index is 0.00970. The standard InChI is InChI=1S/C26H29N3O3/c1-15-14-19(17-6-4-5-7-21(17)27-15)23-28-22-18(24(30)29-23)8-9-20-16(2)26(31-12-13-32-26)11-10-25(20,22)3/h4-7,14,16,20H,8-13H2,1-3H3,(H,28,29,30)/t16-,20-,25-/m1/s1. The highest BCUT2D eigenvalue weighted by atomic mass is 16.7. The number of pyridine rings is 1. The Morgan fingerprint density at radius 3 is 2.72 bits per heavy atom. The molecule has 1 N–H and O–H groups in total. The van der Waals surface area contributed by atoms with Crippen molar-refractivity contribution in [3.63, 3.8) is 0 Å². The first-order valence-corrected chi connectivity index (χ1v) is 11.7. The Labute approximate surface area is 187 Å². The first kappa shape index (κ1) is 20.1. The average molecular weight is 432 g/mol. The van der Waals surface area contributed by atoms with E-state index >= 15 is 0 Å². The lowest BCUT2D eigenvalue weighted by molar-refractivity contribution is -0.234. The summed E-state index contributed by atoms with van der Waals surface area (Å²) in [6, 6.07) is 10.1. The van der Waals surface area contributed by atoms with E-state index in [1.807, 2.05) is 37.3 Å². The van der Waals surface area contributed by atoms with Gasteiger partial charge >= 0.3 is 0 Å². The van der Waals surface area contributed by atoms with Gasteiger partial charge in [0.05, 0.1) is 24.4 Å². The molecule has 1 saturated heterocycles. The lowest BCUT2D eigenvalue weighted by atomic mass is 9.55. The number of H-pyrrole nitrogens is 1. The summed E-state index contributed by atoms with van der Waals surface area (Å²) in [5, 5.41) is 1.00. The molecule has 0 radical (unpaired) electrons. The Hall–Kier alpha value is -2.57. The van der Waals surface area contributed by atoms with Crippen molar-refractivity contribution in [3.8, 4) is 11.4 Å². The number of hydrogen-bond acceptors (Lipinski definition) is 5. The largest absolute Gasteiger partial charge is 0.347 e. The summed E-state index contributed by atoms with van der Waals surface area (Å²) in [6.07, 6.45) is 3.44. The number of para-hydroxylation sites is 1. The van der Waals surface area contributed by atoms with Crippen molar-refractivity contribution in [2.45, 2.75) is 57.7 Å². The van der Waals surface area contributed by atoms with Crippen molar-refractivity contribution >= 4 is 10.9 Å². The van der Waals surface area contributed by atoms with E-state index in [1.165, 1.54) is 0 Å². The molecule has 166 valence electrons. The minimum Gasteiger partial charge on any atom is -0.347 e. The zero-order valence-corrected chi connectivity index (χ0v) is 18.9. The summed E-state index contributed by atoms with van der Waals surface area (Å²) in [4.78, 5) is 26.2. The fourth-order valence-electron chi connectivity index (χ4n) is 6.58. The fourth-order valence-corrected chi connectivity index (χ4v) is 6.58. The van der Waals surface area contributed by atoms with Gasteiger partial charge in [0.2, 0.25) is 0 Å². The highest BCUT2D eigenvalue weighted by Gasteiger charge is 2.57. The van der Waals surface area contributed by atoms with E-state index in [0.717, 1.165) is 59.1 Å². The Bertz CT molecular complexity index is 1280. The maximum Gasteiger partial charge on any atom is 0.254 e. The molecule has 3 aliphatic rings. The van der Waals surface area contributed by atoms with Crippen LogP contribution in [0.2, 0.25) is 0 Å². The van der Waals surface area contributed by atoms with Crippen molar-refractivity contribution in [1.29, 1.82) is 0 Å². The Balaban J connectivity index is 1.51. The van der Waals surface area contributed by atoms with E-state index in [4.69, 9.17) is 14.5 Å². The Morgan fingerprint density at radius 1 is 1.12 bits per heavy atom. The monoisotopic (exact) mass is 431 g/mol. The van der Waals surface area contributed by atoms with E-state index in [0.29, 0.717) is 25.0 Å². The van der Waals surface area contributed by atoms with Crippen LogP contribution in [0.1, 0.15) is 50.1 Å². The van der Waals surface area contributed by atoms with E-state index in [9.17, 15) is 4.79 Å². The highest BCUT2D eigenvalue weighted by molar-refractivity contribution is 5.92. The molecule has 1 aliphatic heterocycles. The topological polar surface area (TPSA) is 77.1 Å². The van der Waals surface area contributed by atoms with Crippen LogP contribution in [-0.4, -0.2) is 34.0 Å². The molecule has 3 heterocycles. The number of aryl methyl sites for hydroxylation is 1. The smallest absolute Gasteiger partial charge is 0.254 e. The summed E-state index contributed by atoms with van der Waals surface area (Å²) in [5.41, 5.74) is 4.38. The van der Waals surface area contributed by atoms with Gasteiger partial charge in [-0.2, -0.15) is 0 Å². The van der Waals surface area contributed by atoms with Crippen LogP contribution in [0, 0.1) is 18.8 Å². The van der Waals surface area contributed by atoms with Gasteiger partial charge in [-0.25, -0.2) is 4.98 Å². The van der Waals surface area contributed by atoms with Crippen LogP contribution in [0.25, 0.3) is 22.3 Å². The third-order valence-electron chi connectivity index (χ3n) is 8.25. The van der Waals surface area contributed by atoms with Crippen LogP contribution in [0.15, 0.2) is 35.1 Å². The molecule has 6 rings (SSSR count). The van der Waals surface area contributed by atoms with Gasteiger partial charge in [0.25, 0.3) is 5.56 Å². The number of fused-ring (bicyclic) bond motifs is 4. The van der Waals surface area contributed by atoms with E-state index < -0.39 is 5.79 Å². The van der Waals surface area contributed by atoms with Crippen LogP contribution >= 0.6 is 0 Å². The predicted octanol–water partition coefficient (Wildman–Crippen LogP) is 4.29.